The fourth-order valence-electron chi connectivity index (χ4n) is 3.74. The molecule has 3 heterocycles. The Balaban J connectivity index is 1.72. The molecule has 124 valence electrons. The Hall–Kier alpha value is -2.11. The molecule has 1 aromatic rings. The predicted octanol–water partition coefficient (Wildman–Crippen LogP) is 1.36. The van der Waals surface area contributed by atoms with E-state index in [1.807, 2.05) is 18.7 Å². The van der Waals surface area contributed by atoms with Crippen molar-refractivity contribution in [2.45, 2.75) is 20.8 Å². The van der Waals surface area contributed by atoms with Gasteiger partial charge in [-0.3, -0.25) is 9.59 Å². The average Bonchev–Trinajstić information content (AvgIpc) is 2.98. The second kappa shape index (κ2) is 5.51. The quantitative estimate of drug-likeness (QED) is 0.894. The zero-order chi connectivity index (χ0) is 16.8. The van der Waals surface area contributed by atoms with Crippen molar-refractivity contribution in [3.63, 3.8) is 0 Å². The van der Waals surface area contributed by atoms with Crippen LogP contribution in [0.5, 0.6) is 5.75 Å². The molecular weight excluding hydrogens is 294 g/mol. The van der Waals surface area contributed by atoms with Gasteiger partial charge in [-0.1, -0.05) is 20.8 Å². The minimum Gasteiger partial charge on any atom is -0.505 e. The number of likely N-dealkylation sites (tertiary alicyclic amines) is 2. The van der Waals surface area contributed by atoms with E-state index in [0.717, 1.165) is 0 Å². The van der Waals surface area contributed by atoms with Gasteiger partial charge in [0, 0.05) is 49.6 Å². The lowest BCUT2D eigenvalue weighted by molar-refractivity contribution is -0.133. The number of fused-ring (bicyclic) bond motifs is 1. The molecule has 2 aliphatic heterocycles. The van der Waals surface area contributed by atoms with Gasteiger partial charge in [-0.25, -0.2) is 4.98 Å². The van der Waals surface area contributed by atoms with E-state index < -0.39 is 0 Å². The molecule has 6 nitrogen and oxygen atoms in total. The zero-order valence-electron chi connectivity index (χ0n) is 13.8. The highest BCUT2D eigenvalue weighted by Gasteiger charge is 2.51. The molecular formula is C17H23N3O3. The topological polar surface area (TPSA) is 73.7 Å². The van der Waals surface area contributed by atoms with Crippen molar-refractivity contribution in [3.8, 4) is 5.75 Å². The van der Waals surface area contributed by atoms with Crippen LogP contribution in [-0.2, 0) is 4.79 Å². The van der Waals surface area contributed by atoms with Gasteiger partial charge in [0.1, 0.15) is 5.75 Å². The highest BCUT2D eigenvalue weighted by molar-refractivity contribution is 5.95. The third kappa shape index (κ3) is 2.66. The molecule has 2 atom stereocenters. The Morgan fingerprint density at radius 3 is 2.57 bits per heavy atom. The van der Waals surface area contributed by atoms with Crippen LogP contribution < -0.4 is 0 Å². The first-order chi connectivity index (χ1) is 10.8. The number of pyridine rings is 1. The SMILES string of the molecule is CC(C)C(=O)N1C[C@@H]2CN(C(=O)c3ncccc3O)C[C@]2(C)C1. The lowest BCUT2D eigenvalue weighted by Crippen LogP contribution is -2.39. The number of nitrogens with zero attached hydrogens (tertiary/aromatic N) is 3. The molecule has 1 N–H and O–H groups in total. The van der Waals surface area contributed by atoms with Crippen LogP contribution in [0.2, 0.25) is 0 Å². The van der Waals surface area contributed by atoms with E-state index in [2.05, 4.69) is 11.9 Å². The Labute approximate surface area is 136 Å². The molecule has 0 saturated carbocycles. The van der Waals surface area contributed by atoms with Gasteiger partial charge >= 0.3 is 0 Å². The second-order valence-corrected chi connectivity index (χ2v) is 7.28. The van der Waals surface area contributed by atoms with Crippen molar-refractivity contribution in [1.82, 2.24) is 14.8 Å². The molecule has 2 amide bonds. The van der Waals surface area contributed by atoms with Crippen molar-refractivity contribution in [2.75, 3.05) is 26.2 Å². The molecule has 1 aromatic heterocycles. The van der Waals surface area contributed by atoms with Crippen LogP contribution >= 0.6 is 0 Å². The summed E-state index contributed by atoms with van der Waals surface area (Å²) in [4.78, 5) is 32.5. The number of rotatable bonds is 2. The Morgan fingerprint density at radius 1 is 1.30 bits per heavy atom. The molecule has 0 aliphatic carbocycles. The van der Waals surface area contributed by atoms with E-state index in [1.165, 1.54) is 12.3 Å². The molecule has 2 fully saturated rings. The Morgan fingerprint density at radius 2 is 1.96 bits per heavy atom. The summed E-state index contributed by atoms with van der Waals surface area (Å²) in [5, 5.41) is 9.82. The van der Waals surface area contributed by atoms with Crippen LogP contribution in [0.15, 0.2) is 18.3 Å². The van der Waals surface area contributed by atoms with Gasteiger partial charge in [0.15, 0.2) is 5.69 Å². The number of carbonyl (C=O) groups excluding carboxylic acids is 2. The summed E-state index contributed by atoms with van der Waals surface area (Å²) in [6, 6.07) is 3.07. The summed E-state index contributed by atoms with van der Waals surface area (Å²) in [6.07, 6.45) is 1.51. The highest BCUT2D eigenvalue weighted by atomic mass is 16.3. The molecule has 23 heavy (non-hydrogen) atoms. The zero-order valence-corrected chi connectivity index (χ0v) is 13.8. The first kappa shape index (κ1) is 15.8. The van der Waals surface area contributed by atoms with Crippen LogP contribution in [0.3, 0.4) is 0 Å². The van der Waals surface area contributed by atoms with Crippen molar-refractivity contribution in [2.24, 2.45) is 17.3 Å². The predicted molar refractivity (Wildman–Crippen MR) is 84.8 cm³/mol. The number of hydrogen-bond donors (Lipinski definition) is 1. The number of carbonyl (C=O) groups is 2. The third-order valence-corrected chi connectivity index (χ3v) is 5.05. The van der Waals surface area contributed by atoms with Gasteiger partial charge in [0.2, 0.25) is 5.91 Å². The molecule has 3 rings (SSSR count). The second-order valence-electron chi connectivity index (χ2n) is 7.28. The summed E-state index contributed by atoms with van der Waals surface area (Å²) >= 11 is 0. The summed E-state index contributed by atoms with van der Waals surface area (Å²) in [5.74, 6) is 0.137. The van der Waals surface area contributed by atoms with E-state index >= 15 is 0 Å². The summed E-state index contributed by atoms with van der Waals surface area (Å²) in [7, 11) is 0. The van der Waals surface area contributed by atoms with Crippen LogP contribution in [0.4, 0.5) is 0 Å². The largest absolute Gasteiger partial charge is 0.505 e. The molecule has 2 aliphatic rings. The average molecular weight is 317 g/mol. The summed E-state index contributed by atoms with van der Waals surface area (Å²) in [6.45, 7) is 8.55. The maximum absolute atomic E-state index is 12.6. The number of amides is 2. The Bertz CT molecular complexity index is 646. The molecule has 0 bridgehead atoms. The minimum absolute atomic E-state index is 0.000581. The van der Waals surface area contributed by atoms with E-state index in [-0.39, 0.29) is 40.5 Å². The van der Waals surface area contributed by atoms with E-state index in [0.29, 0.717) is 26.2 Å². The van der Waals surface area contributed by atoms with Gasteiger partial charge in [-0.15, -0.1) is 0 Å². The van der Waals surface area contributed by atoms with Crippen LogP contribution in [0.25, 0.3) is 0 Å². The van der Waals surface area contributed by atoms with Gasteiger partial charge in [0.05, 0.1) is 0 Å². The number of aromatic nitrogens is 1. The maximum atomic E-state index is 12.6. The van der Waals surface area contributed by atoms with Gasteiger partial charge in [-0.2, -0.15) is 0 Å². The molecule has 0 radical (unpaired) electrons. The molecule has 6 heteroatoms. The maximum Gasteiger partial charge on any atom is 0.276 e. The highest BCUT2D eigenvalue weighted by Crippen LogP contribution is 2.43. The van der Waals surface area contributed by atoms with Crippen molar-refractivity contribution in [3.05, 3.63) is 24.0 Å². The van der Waals surface area contributed by atoms with E-state index in [1.54, 1.807) is 11.0 Å². The van der Waals surface area contributed by atoms with Gasteiger partial charge < -0.3 is 14.9 Å². The lowest BCUT2D eigenvalue weighted by atomic mass is 9.83. The van der Waals surface area contributed by atoms with Crippen molar-refractivity contribution < 1.29 is 14.7 Å². The fraction of sp³-hybridized carbons (Fsp3) is 0.588. The molecule has 2 saturated heterocycles. The number of hydrogen-bond acceptors (Lipinski definition) is 4. The van der Waals surface area contributed by atoms with Crippen LogP contribution in [0, 0.1) is 17.3 Å². The first-order valence-electron chi connectivity index (χ1n) is 8.04. The Kier molecular flexibility index (Phi) is 3.78. The van der Waals surface area contributed by atoms with Crippen molar-refractivity contribution >= 4 is 11.8 Å². The van der Waals surface area contributed by atoms with Gasteiger partial charge in [0.25, 0.3) is 5.91 Å². The molecule has 0 unspecified atom stereocenters. The first-order valence-corrected chi connectivity index (χ1v) is 8.04. The third-order valence-electron chi connectivity index (χ3n) is 5.05. The smallest absolute Gasteiger partial charge is 0.276 e. The summed E-state index contributed by atoms with van der Waals surface area (Å²) in [5.41, 5.74) is 0.0242. The lowest BCUT2D eigenvalue weighted by Gasteiger charge is -2.26. The minimum atomic E-state index is -0.236. The summed E-state index contributed by atoms with van der Waals surface area (Å²) < 4.78 is 0. The van der Waals surface area contributed by atoms with Gasteiger partial charge in [-0.05, 0) is 12.1 Å². The standard InChI is InChI=1S/C17H23N3O3/c1-11(2)15(22)19-7-12-8-20(10-17(12,3)9-19)16(23)14-13(21)5-4-6-18-14/h4-6,11-12,21H,7-10H2,1-3H3/t12-,17+/m1/s1. The molecule has 0 spiro atoms. The number of aromatic hydroxyl groups is 1. The normalized spacial score (nSPS) is 26.7. The fourth-order valence-corrected chi connectivity index (χ4v) is 3.74. The monoisotopic (exact) mass is 317 g/mol. The van der Waals surface area contributed by atoms with E-state index in [9.17, 15) is 14.7 Å². The van der Waals surface area contributed by atoms with Crippen molar-refractivity contribution in [1.29, 1.82) is 0 Å². The molecule has 0 aromatic carbocycles. The van der Waals surface area contributed by atoms with E-state index in [4.69, 9.17) is 0 Å². The van der Waals surface area contributed by atoms with Crippen LogP contribution in [0.1, 0.15) is 31.3 Å². The van der Waals surface area contributed by atoms with Crippen LogP contribution in [-0.4, -0.2) is 57.9 Å².